The Labute approximate surface area is 162 Å². The molecule has 9 atom stereocenters. The maximum atomic E-state index is 2.73. The number of hydrogen-bond acceptors (Lipinski definition) is 2. The van der Waals surface area contributed by atoms with Crippen molar-refractivity contribution in [2.75, 3.05) is 27.7 Å². The minimum absolute atomic E-state index is 0.658. The summed E-state index contributed by atoms with van der Waals surface area (Å²) in [5, 5.41) is 0. The molecule has 2 nitrogen and oxygen atoms in total. The first-order valence-electron chi connectivity index (χ1n) is 11.7. The lowest BCUT2D eigenvalue weighted by Gasteiger charge is -2.61. The van der Waals surface area contributed by atoms with Crippen LogP contribution in [0.2, 0.25) is 0 Å². The second-order valence-corrected chi connectivity index (χ2v) is 11.7. The van der Waals surface area contributed by atoms with Gasteiger partial charge in [-0.15, -0.1) is 0 Å². The minimum Gasteiger partial charge on any atom is -0.306 e. The predicted octanol–water partition coefficient (Wildman–Crippen LogP) is 4.89. The number of hydrogen-bond donors (Lipinski definition) is 0. The molecule has 0 bridgehead atoms. The van der Waals surface area contributed by atoms with Gasteiger partial charge in [-0.3, -0.25) is 0 Å². The second kappa shape index (κ2) is 5.96. The van der Waals surface area contributed by atoms with Crippen molar-refractivity contribution < 1.29 is 0 Å². The summed E-state index contributed by atoms with van der Waals surface area (Å²) < 4.78 is 0. The maximum Gasteiger partial charge on any atom is 0.00982 e. The molecule has 0 N–H and O–H groups in total. The summed E-state index contributed by atoms with van der Waals surface area (Å²) in [6.07, 6.45) is 13.7. The Morgan fingerprint density at radius 1 is 0.885 bits per heavy atom. The Morgan fingerprint density at radius 3 is 2.42 bits per heavy atom. The third-order valence-corrected chi connectivity index (χ3v) is 11.0. The molecule has 0 radical (unpaired) electrons. The topological polar surface area (TPSA) is 6.48 Å². The Bertz CT molecular complexity index is 558. The van der Waals surface area contributed by atoms with Crippen LogP contribution in [0.15, 0.2) is 0 Å². The summed E-state index contributed by atoms with van der Waals surface area (Å²) in [5.74, 6) is 5.17. The zero-order valence-corrected chi connectivity index (χ0v) is 18.0. The molecule has 0 aromatic carbocycles. The SMILES string of the molecule is C[C@H]1[C@H]2CC[C@@H]3[C@H]4CC[C@H]5C[C@@H](N(C)C)CC[C@]5(C)[C@@H]4CC[C@@]32CN1C. The van der Waals surface area contributed by atoms with Gasteiger partial charge in [0.15, 0.2) is 0 Å². The monoisotopic (exact) mass is 358 g/mol. The van der Waals surface area contributed by atoms with Crippen molar-refractivity contribution in [2.24, 2.45) is 40.4 Å². The van der Waals surface area contributed by atoms with Crippen molar-refractivity contribution in [1.82, 2.24) is 9.80 Å². The highest BCUT2D eigenvalue weighted by Crippen LogP contribution is 2.69. The summed E-state index contributed by atoms with van der Waals surface area (Å²) in [5.41, 5.74) is 1.37. The lowest BCUT2D eigenvalue weighted by molar-refractivity contribution is -0.118. The molecule has 0 aromatic heterocycles. The van der Waals surface area contributed by atoms with E-state index in [1.807, 2.05) is 0 Å². The van der Waals surface area contributed by atoms with Gasteiger partial charge in [-0.25, -0.2) is 0 Å². The highest BCUT2D eigenvalue weighted by atomic mass is 15.2. The number of likely N-dealkylation sites (tertiary alicyclic amines) is 1. The van der Waals surface area contributed by atoms with Gasteiger partial charge in [-0.2, -0.15) is 0 Å². The smallest absolute Gasteiger partial charge is 0.00982 e. The second-order valence-electron chi connectivity index (χ2n) is 11.7. The molecular weight excluding hydrogens is 316 g/mol. The highest BCUT2D eigenvalue weighted by Gasteiger charge is 2.64. The zero-order valence-electron chi connectivity index (χ0n) is 18.0. The molecule has 1 heterocycles. The molecule has 26 heavy (non-hydrogen) atoms. The van der Waals surface area contributed by atoms with E-state index in [1.165, 1.54) is 38.6 Å². The first kappa shape index (κ1) is 18.0. The molecule has 0 unspecified atom stereocenters. The van der Waals surface area contributed by atoms with Crippen molar-refractivity contribution in [3.63, 3.8) is 0 Å². The molecule has 5 rings (SSSR count). The van der Waals surface area contributed by atoms with E-state index in [-0.39, 0.29) is 0 Å². The van der Waals surface area contributed by atoms with Gasteiger partial charge in [0, 0.05) is 18.6 Å². The van der Waals surface area contributed by atoms with Crippen molar-refractivity contribution in [3.05, 3.63) is 0 Å². The lowest BCUT2D eigenvalue weighted by atomic mass is 9.44. The van der Waals surface area contributed by atoms with Gasteiger partial charge in [-0.05, 0) is 126 Å². The van der Waals surface area contributed by atoms with E-state index in [1.54, 1.807) is 25.7 Å². The summed E-state index contributed by atoms with van der Waals surface area (Å²) >= 11 is 0. The third kappa shape index (κ3) is 2.24. The fourth-order valence-corrected chi connectivity index (χ4v) is 9.51. The van der Waals surface area contributed by atoms with E-state index >= 15 is 0 Å². The van der Waals surface area contributed by atoms with E-state index in [4.69, 9.17) is 0 Å². The van der Waals surface area contributed by atoms with Gasteiger partial charge in [0.2, 0.25) is 0 Å². The van der Waals surface area contributed by atoms with Crippen LogP contribution in [-0.4, -0.2) is 49.6 Å². The summed E-state index contributed by atoms with van der Waals surface area (Å²) in [4.78, 5) is 5.23. The molecule has 0 aromatic rings. The molecule has 4 saturated carbocycles. The first-order valence-corrected chi connectivity index (χ1v) is 11.7. The Hall–Kier alpha value is -0.0800. The van der Waals surface area contributed by atoms with Crippen LogP contribution in [0, 0.1) is 40.4 Å². The maximum absolute atomic E-state index is 2.73. The quantitative estimate of drug-likeness (QED) is 0.658. The molecule has 1 spiro atoms. The standard InChI is InChI=1S/C24H42N2/c1-16-20-8-9-22-19-7-6-17-14-18(25(3)4)10-12-23(17,2)21(19)11-13-24(20,22)15-26(16)5/h16-22H,6-15H2,1-5H3/t16-,17-,18-,19-,20+,21+,22+,23-,24-/m0/s1. The summed E-state index contributed by atoms with van der Waals surface area (Å²) in [7, 11) is 7.02. The number of rotatable bonds is 1. The van der Waals surface area contributed by atoms with E-state index in [9.17, 15) is 0 Å². The molecule has 5 fully saturated rings. The van der Waals surface area contributed by atoms with Gasteiger partial charge in [0.25, 0.3) is 0 Å². The minimum atomic E-state index is 0.658. The first-order chi connectivity index (χ1) is 12.4. The molecule has 1 saturated heterocycles. The van der Waals surface area contributed by atoms with Crippen molar-refractivity contribution in [3.8, 4) is 0 Å². The van der Waals surface area contributed by atoms with E-state index < -0.39 is 0 Å². The average Bonchev–Trinajstić information content (AvgIpc) is 3.08. The van der Waals surface area contributed by atoms with Crippen LogP contribution < -0.4 is 0 Å². The van der Waals surface area contributed by atoms with E-state index in [0.29, 0.717) is 10.8 Å². The third-order valence-electron chi connectivity index (χ3n) is 11.0. The van der Waals surface area contributed by atoms with Gasteiger partial charge >= 0.3 is 0 Å². The molecule has 0 amide bonds. The Morgan fingerprint density at radius 2 is 1.65 bits per heavy atom. The van der Waals surface area contributed by atoms with Gasteiger partial charge in [-0.1, -0.05) is 6.92 Å². The van der Waals surface area contributed by atoms with Crippen LogP contribution in [0.5, 0.6) is 0 Å². The molecule has 1 aliphatic heterocycles. The van der Waals surface area contributed by atoms with Gasteiger partial charge in [0.05, 0.1) is 0 Å². The molecule has 5 aliphatic rings. The van der Waals surface area contributed by atoms with Gasteiger partial charge in [0.1, 0.15) is 0 Å². The van der Waals surface area contributed by atoms with Crippen LogP contribution >= 0.6 is 0 Å². The Kier molecular flexibility index (Phi) is 4.12. The van der Waals surface area contributed by atoms with Crippen molar-refractivity contribution in [1.29, 1.82) is 0 Å². The lowest BCUT2D eigenvalue weighted by Crippen LogP contribution is -2.55. The molecular formula is C24H42N2. The Balaban J connectivity index is 1.41. The molecule has 148 valence electrons. The van der Waals surface area contributed by atoms with E-state index in [0.717, 1.165) is 41.7 Å². The largest absolute Gasteiger partial charge is 0.306 e. The fourth-order valence-electron chi connectivity index (χ4n) is 9.51. The van der Waals surface area contributed by atoms with Crippen LogP contribution in [-0.2, 0) is 0 Å². The van der Waals surface area contributed by atoms with Gasteiger partial charge < -0.3 is 9.80 Å². The normalized spacial score (nSPS) is 56.8. The van der Waals surface area contributed by atoms with Crippen LogP contribution in [0.1, 0.15) is 71.6 Å². The fraction of sp³-hybridized carbons (Fsp3) is 1.00. The average molecular weight is 359 g/mol. The van der Waals surface area contributed by atoms with Crippen molar-refractivity contribution >= 4 is 0 Å². The summed E-state index contributed by atoms with van der Waals surface area (Å²) in [6, 6.07) is 1.68. The highest BCUT2D eigenvalue weighted by molar-refractivity contribution is 5.15. The summed E-state index contributed by atoms with van der Waals surface area (Å²) in [6.45, 7) is 6.67. The van der Waals surface area contributed by atoms with E-state index in [2.05, 4.69) is 44.8 Å². The van der Waals surface area contributed by atoms with Crippen LogP contribution in [0.25, 0.3) is 0 Å². The molecule has 2 heteroatoms. The zero-order chi connectivity index (χ0) is 18.3. The van der Waals surface area contributed by atoms with Crippen LogP contribution in [0.3, 0.4) is 0 Å². The molecule has 4 aliphatic carbocycles. The predicted molar refractivity (Wildman–Crippen MR) is 109 cm³/mol. The van der Waals surface area contributed by atoms with Crippen molar-refractivity contribution in [2.45, 2.75) is 83.7 Å². The number of nitrogens with zero attached hydrogens (tertiary/aromatic N) is 2. The number of fused-ring (bicyclic) bond motifs is 4. The van der Waals surface area contributed by atoms with Crippen LogP contribution in [0.4, 0.5) is 0 Å².